The molecule has 132 valence electrons. The van der Waals surface area contributed by atoms with Gasteiger partial charge in [0.2, 0.25) is 0 Å². The van der Waals surface area contributed by atoms with Crippen molar-refractivity contribution in [1.29, 1.82) is 0 Å². The molecule has 0 unspecified atom stereocenters. The summed E-state index contributed by atoms with van der Waals surface area (Å²) in [5, 5.41) is 0.510. The van der Waals surface area contributed by atoms with E-state index in [4.69, 9.17) is 16.3 Å². The maximum absolute atomic E-state index is 12.6. The summed E-state index contributed by atoms with van der Waals surface area (Å²) in [4.78, 5) is 16.8. The van der Waals surface area contributed by atoms with Crippen molar-refractivity contribution in [1.82, 2.24) is 4.90 Å². The number of rotatable bonds is 4. The molecular formula is C20H23ClN2O2. The van der Waals surface area contributed by atoms with E-state index in [0.29, 0.717) is 23.7 Å². The average Bonchev–Trinajstić information content (AvgIpc) is 2.62. The van der Waals surface area contributed by atoms with Crippen molar-refractivity contribution >= 4 is 23.2 Å². The van der Waals surface area contributed by atoms with Gasteiger partial charge in [0.05, 0.1) is 16.7 Å². The van der Waals surface area contributed by atoms with Gasteiger partial charge in [-0.15, -0.1) is 0 Å². The Hall–Kier alpha value is -2.20. The van der Waals surface area contributed by atoms with Crippen LogP contribution in [-0.2, 0) is 0 Å². The largest absolute Gasteiger partial charge is 0.491 e. The van der Waals surface area contributed by atoms with E-state index < -0.39 is 0 Å². The van der Waals surface area contributed by atoms with Crippen LogP contribution in [0.5, 0.6) is 5.75 Å². The second-order valence-electron chi connectivity index (χ2n) is 6.42. The molecular weight excluding hydrogens is 336 g/mol. The number of piperazine rings is 1. The number of halogens is 1. The van der Waals surface area contributed by atoms with Gasteiger partial charge in [0.1, 0.15) is 5.75 Å². The molecule has 1 saturated heterocycles. The lowest BCUT2D eigenvalue weighted by Gasteiger charge is -2.36. The first kappa shape index (κ1) is 17.6. The van der Waals surface area contributed by atoms with Crippen LogP contribution in [0.4, 0.5) is 5.69 Å². The Kier molecular flexibility index (Phi) is 5.49. The highest BCUT2D eigenvalue weighted by Crippen LogP contribution is 2.23. The van der Waals surface area contributed by atoms with Gasteiger partial charge in [-0.3, -0.25) is 4.79 Å². The van der Waals surface area contributed by atoms with E-state index in [1.807, 2.05) is 43.0 Å². The van der Waals surface area contributed by atoms with E-state index in [1.165, 1.54) is 0 Å². The Labute approximate surface area is 154 Å². The molecule has 1 fully saturated rings. The van der Waals surface area contributed by atoms with Crippen LogP contribution in [-0.4, -0.2) is 43.1 Å². The van der Waals surface area contributed by atoms with Crippen molar-refractivity contribution in [3.63, 3.8) is 0 Å². The minimum atomic E-state index is 0.00549. The molecule has 0 atom stereocenters. The first-order chi connectivity index (χ1) is 12.0. The van der Waals surface area contributed by atoms with Crippen molar-refractivity contribution in [2.45, 2.75) is 20.0 Å². The minimum absolute atomic E-state index is 0.00549. The minimum Gasteiger partial charge on any atom is -0.491 e. The Bertz CT molecular complexity index is 723. The van der Waals surface area contributed by atoms with Gasteiger partial charge in [0.25, 0.3) is 5.91 Å². The van der Waals surface area contributed by atoms with Crippen LogP contribution in [0.2, 0.25) is 5.02 Å². The molecule has 2 aromatic carbocycles. The van der Waals surface area contributed by atoms with Gasteiger partial charge in [-0.25, -0.2) is 0 Å². The van der Waals surface area contributed by atoms with Crippen molar-refractivity contribution in [3.8, 4) is 5.75 Å². The number of carbonyl (C=O) groups is 1. The molecule has 1 aliphatic rings. The third-order valence-corrected chi connectivity index (χ3v) is 4.57. The smallest absolute Gasteiger partial charge is 0.255 e. The number of hydrogen-bond acceptors (Lipinski definition) is 3. The number of ether oxygens (including phenoxy) is 1. The normalized spacial score (nSPS) is 14.7. The van der Waals surface area contributed by atoms with Crippen molar-refractivity contribution in [3.05, 3.63) is 59.1 Å². The van der Waals surface area contributed by atoms with E-state index >= 15 is 0 Å². The van der Waals surface area contributed by atoms with Gasteiger partial charge in [0, 0.05) is 31.9 Å². The zero-order chi connectivity index (χ0) is 17.8. The molecule has 0 radical (unpaired) electrons. The highest BCUT2D eigenvalue weighted by molar-refractivity contribution is 6.33. The molecule has 3 rings (SSSR count). The molecule has 4 nitrogen and oxygen atoms in total. The zero-order valence-electron chi connectivity index (χ0n) is 14.6. The van der Waals surface area contributed by atoms with Gasteiger partial charge < -0.3 is 14.5 Å². The molecule has 1 amide bonds. The first-order valence-electron chi connectivity index (χ1n) is 8.60. The zero-order valence-corrected chi connectivity index (χ0v) is 15.4. The molecule has 5 heteroatoms. The molecule has 25 heavy (non-hydrogen) atoms. The molecule has 0 bridgehead atoms. The molecule has 0 spiro atoms. The number of anilines is 1. The van der Waals surface area contributed by atoms with Crippen LogP contribution >= 0.6 is 11.6 Å². The quantitative estimate of drug-likeness (QED) is 0.825. The third-order valence-electron chi connectivity index (χ3n) is 4.24. The van der Waals surface area contributed by atoms with E-state index in [9.17, 15) is 4.79 Å². The van der Waals surface area contributed by atoms with Gasteiger partial charge in [0.15, 0.2) is 0 Å². The lowest BCUT2D eigenvalue weighted by atomic mass is 10.1. The number of nitrogens with zero attached hydrogens (tertiary/aromatic N) is 2. The Balaban J connectivity index is 1.60. The van der Waals surface area contributed by atoms with Crippen molar-refractivity contribution in [2.75, 3.05) is 31.1 Å². The molecule has 0 aliphatic carbocycles. The van der Waals surface area contributed by atoms with E-state index in [2.05, 4.69) is 17.0 Å². The molecule has 0 saturated carbocycles. The summed E-state index contributed by atoms with van der Waals surface area (Å²) >= 11 is 6.14. The second-order valence-corrected chi connectivity index (χ2v) is 6.83. The lowest BCUT2D eigenvalue weighted by Crippen LogP contribution is -2.48. The summed E-state index contributed by atoms with van der Waals surface area (Å²) in [6.45, 7) is 7.02. The highest BCUT2D eigenvalue weighted by atomic mass is 35.5. The van der Waals surface area contributed by atoms with Crippen LogP contribution in [0.25, 0.3) is 0 Å². The highest BCUT2D eigenvalue weighted by Gasteiger charge is 2.23. The summed E-state index contributed by atoms with van der Waals surface area (Å²) in [5.74, 6) is 0.886. The van der Waals surface area contributed by atoms with Crippen molar-refractivity contribution in [2.24, 2.45) is 0 Å². The Morgan fingerprint density at radius 1 is 1.00 bits per heavy atom. The SMILES string of the molecule is CC(C)Oc1ccc(N2CCN(C(=O)c3ccccc3Cl)CC2)cc1. The van der Waals surface area contributed by atoms with Crippen molar-refractivity contribution < 1.29 is 9.53 Å². The van der Waals surface area contributed by atoms with E-state index in [1.54, 1.807) is 12.1 Å². The summed E-state index contributed by atoms with van der Waals surface area (Å²) in [5.41, 5.74) is 1.73. The molecule has 0 aromatic heterocycles. The van der Waals surface area contributed by atoms with Gasteiger partial charge in [-0.1, -0.05) is 23.7 Å². The number of benzene rings is 2. The average molecular weight is 359 g/mol. The fourth-order valence-corrected chi connectivity index (χ4v) is 3.20. The summed E-state index contributed by atoms with van der Waals surface area (Å²) < 4.78 is 5.68. The lowest BCUT2D eigenvalue weighted by molar-refractivity contribution is 0.0747. The summed E-state index contributed by atoms with van der Waals surface area (Å²) in [6, 6.07) is 15.4. The Morgan fingerprint density at radius 2 is 1.64 bits per heavy atom. The number of carbonyl (C=O) groups excluding carboxylic acids is 1. The van der Waals surface area contributed by atoms with E-state index in [-0.39, 0.29) is 12.0 Å². The van der Waals surface area contributed by atoms with Gasteiger partial charge >= 0.3 is 0 Å². The molecule has 0 N–H and O–H groups in total. The fraction of sp³-hybridized carbons (Fsp3) is 0.350. The van der Waals surface area contributed by atoms with Crippen LogP contribution in [0.3, 0.4) is 0 Å². The van der Waals surface area contributed by atoms with Crippen LogP contribution in [0.1, 0.15) is 24.2 Å². The second kappa shape index (κ2) is 7.79. The predicted octanol–water partition coefficient (Wildman–Crippen LogP) is 4.09. The maximum atomic E-state index is 12.6. The fourth-order valence-electron chi connectivity index (χ4n) is 2.98. The number of hydrogen-bond donors (Lipinski definition) is 0. The van der Waals surface area contributed by atoms with Gasteiger partial charge in [-0.2, -0.15) is 0 Å². The first-order valence-corrected chi connectivity index (χ1v) is 8.98. The summed E-state index contributed by atoms with van der Waals surface area (Å²) in [7, 11) is 0. The predicted molar refractivity (Wildman–Crippen MR) is 102 cm³/mol. The van der Waals surface area contributed by atoms with Crippen LogP contribution in [0.15, 0.2) is 48.5 Å². The number of amides is 1. The molecule has 2 aromatic rings. The summed E-state index contributed by atoms with van der Waals surface area (Å²) in [6.07, 6.45) is 0.171. The monoisotopic (exact) mass is 358 g/mol. The van der Waals surface area contributed by atoms with Crippen LogP contribution in [0, 0.1) is 0 Å². The van der Waals surface area contributed by atoms with Gasteiger partial charge in [-0.05, 0) is 50.2 Å². The topological polar surface area (TPSA) is 32.8 Å². The standard InChI is InChI=1S/C20H23ClN2O2/c1-15(2)25-17-9-7-16(8-10-17)22-11-13-23(14-12-22)20(24)18-5-3-4-6-19(18)21/h3-10,15H,11-14H2,1-2H3. The Morgan fingerprint density at radius 3 is 2.24 bits per heavy atom. The molecule has 1 heterocycles. The maximum Gasteiger partial charge on any atom is 0.255 e. The van der Waals surface area contributed by atoms with Crippen LogP contribution < -0.4 is 9.64 Å². The van der Waals surface area contributed by atoms with E-state index in [0.717, 1.165) is 24.5 Å². The molecule has 1 aliphatic heterocycles. The third kappa shape index (κ3) is 4.26.